The third-order valence-electron chi connectivity index (χ3n) is 3.82. The van der Waals surface area contributed by atoms with Gasteiger partial charge >= 0.3 is 6.09 Å². The minimum absolute atomic E-state index is 0.107. The lowest BCUT2D eigenvalue weighted by Gasteiger charge is -2.34. The van der Waals surface area contributed by atoms with Crippen LogP contribution in [0.15, 0.2) is 42.1 Å². The second-order valence-electron chi connectivity index (χ2n) is 5.63. The maximum Gasteiger partial charge on any atom is 0.414 e. The van der Waals surface area contributed by atoms with E-state index in [1.807, 2.05) is 34.5 Å². The van der Waals surface area contributed by atoms with E-state index < -0.39 is 12.0 Å². The first-order valence-electron chi connectivity index (χ1n) is 8.22. The Morgan fingerprint density at radius 3 is 2.52 bits per heavy atom. The van der Waals surface area contributed by atoms with Crippen LogP contribution in [0.5, 0.6) is 0 Å². The van der Waals surface area contributed by atoms with Crippen LogP contribution in [0.25, 0.3) is 0 Å². The lowest BCUT2D eigenvalue weighted by atomic mass is 10.2. The summed E-state index contributed by atoms with van der Waals surface area (Å²) in [6, 6.07) is 12.1. The van der Waals surface area contributed by atoms with Crippen LogP contribution in [-0.2, 0) is 16.1 Å². The molecule has 0 aliphatic carbocycles. The van der Waals surface area contributed by atoms with Crippen LogP contribution in [0.1, 0.15) is 12.5 Å². The smallest absolute Gasteiger partial charge is 0.414 e. The highest BCUT2D eigenvalue weighted by atomic mass is 16.5. The van der Waals surface area contributed by atoms with Gasteiger partial charge in [0.05, 0.1) is 6.61 Å². The SMILES string of the molecule is CCOC(=O)NC(=O)/C(C#N)=C/N1CCN(Cc2ccccc2)CC1. The summed E-state index contributed by atoms with van der Waals surface area (Å²) in [4.78, 5) is 27.4. The Bertz CT molecular complexity index is 659. The van der Waals surface area contributed by atoms with E-state index in [4.69, 9.17) is 5.26 Å². The van der Waals surface area contributed by atoms with Crippen molar-refractivity contribution >= 4 is 12.0 Å². The second-order valence-corrected chi connectivity index (χ2v) is 5.63. The molecule has 0 saturated carbocycles. The van der Waals surface area contributed by atoms with E-state index in [0.717, 1.165) is 19.6 Å². The van der Waals surface area contributed by atoms with E-state index in [2.05, 4.69) is 21.8 Å². The predicted molar refractivity (Wildman–Crippen MR) is 92.2 cm³/mol. The number of nitriles is 1. The standard InChI is InChI=1S/C18H22N4O3/c1-2-25-18(24)20-17(23)16(12-19)14-22-10-8-21(9-11-22)13-15-6-4-3-5-7-15/h3-7,14H,2,8-11,13H2,1H3,(H,20,23,24)/b16-14+. The average molecular weight is 342 g/mol. The highest BCUT2D eigenvalue weighted by Gasteiger charge is 2.18. The van der Waals surface area contributed by atoms with Gasteiger partial charge in [-0.2, -0.15) is 5.26 Å². The first-order chi connectivity index (χ1) is 12.1. The molecule has 0 aromatic heterocycles. The van der Waals surface area contributed by atoms with Crippen molar-refractivity contribution < 1.29 is 14.3 Å². The van der Waals surface area contributed by atoms with E-state index in [1.165, 1.54) is 11.8 Å². The number of benzene rings is 1. The van der Waals surface area contributed by atoms with Gasteiger partial charge in [0, 0.05) is 38.9 Å². The van der Waals surface area contributed by atoms with Crippen LogP contribution in [-0.4, -0.2) is 54.6 Å². The molecule has 0 bridgehead atoms. The van der Waals surface area contributed by atoms with Crippen LogP contribution in [0.3, 0.4) is 0 Å². The summed E-state index contributed by atoms with van der Waals surface area (Å²) in [7, 11) is 0. The maximum atomic E-state index is 11.9. The number of piperazine rings is 1. The number of carbonyl (C=O) groups excluding carboxylic acids is 2. The number of rotatable bonds is 5. The van der Waals surface area contributed by atoms with Crippen LogP contribution >= 0.6 is 0 Å². The molecule has 7 heteroatoms. The van der Waals surface area contributed by atoms with Crippen molar-refractivity contribution in [2.45, 2.75) is 13.5 Å². The van der Waals surface area contributed by atoms with E-state index in [9.17, 15) is 9.59 Å². The molecular formula is C18H22N4O3. The molecule has 1 aromatic carbocycles. The summed E-state index contributed by atoms with van der Waals surface area (Å²) in [5.41, 5.74) is 1.16. The van der Waals surface area contributed by atoms with Crippen molar-refractivity contribution in [1.29, 1.82) is 5.26 Å². The zero-order valence-electron chi connectivity index (χ0n) is 14.3. The van der Waals surface area contributed by atoms with Gasteiger partial charge in [0.1, 0.15) is 11.6 Å². The zero-order chi connectivity index (χ0) is 18.1. The van der Waals surface area contributed by atoms with Gasteiger partial charge in [-0.3, -0.25) is 15.0 Å². The first-order valence-corrected chi connectivity index (χ1v) is 8.22. The number of ether oxygens (including phenoxy) is 1. The Kier molecular flexibility index (Phi) is 6.99. The lowest BCUT2D eigenvalue weighted by Crippen LogP contribution is -2.44. The van der Waals surface area contributed by atoms with Crippen LogP contribution in [0.4, 0.5) is 4.79 Å². The lowest BCUT2D eigenvalue weighted by molar-refractivity contribution is -0.116. The second kappa shape index (κ2) is 9.45. The van der Waals surface area contributed by atoms with Gasteiger partial charge < -0.3 is 9.64 Å². The van der Waals surface area contributed by atoms with Crippen LogP contribution in [0, 0.1) is 11.3 Å². The summed E-state index contributed by atoms with van der Waals surface area (Å²) in [6.07, 6.45) is 0.662. The number of hydrogen-bond acceptors (Lipinski definition) is 6. The molecule has 1 heterocycles. The molecule has 0 spiro atoms. The Balaban J connectivity index is 1.86. The number of nitrogens with zero attached hydrogens (tertiary/aromatic N) is 3. The number of hydrogen-bond donors (Lipinski definition) is 1. The monoisotopic (exact) mass is 342 g/mol. The van der Waals surface area contributed by atoms with E-state index in [0.29, 0.717) is 13.1 Å². The van der Waals surface area contributed by atoms with Crippen molar-refractivity contribution in [2.75, 3.05) is 32.8 Å². The van der Waals surface area contributed by atoms with Crippen molar-refractivity contribution in [3.63, 3.8) is 0 Å². The summed E-state index contributed by atoms with van der Waals surface area (Å²) >= 11 is 0. The molecule has 0 unspecified atom stereocenters. The third-order valence-corrected chi connectivity index (χ3v) is 3.82. The maximum absolute atomic E-state index is 11.9. The molecule has 0 radical (unpaired) electrons. The molecule has 25 heavy (non-hydrogen) atoms. The minimum atomic E-state index is -0.846. The van der Waals surface area contributed by atoms with Gasteiger partial charge in [0.15, 0.2) is 0 Å². The van der Waals surface area contributed by atoms with Crippen molar-refractivity contribution in [1.82, 2.24) is 15.1 Å². The number of nitrogens with one attached hydrogen (secondary N) is 1. The molecule has 1 aromatic rings. The fourth-order valence-electron chi connectivity index (χ4n) is 2.54. The Hall–Kier alpha value is -2.85. The van der Waals surface area contributed by atoms with Crippen molar-refractivity contribution in [2.24, 2.45) is 0 Å². The van der Waals surface area contributed by atoms with E-state index in [-0.39, 0.29) is 12.2 Å². The summed E-state index contributed by atoms with van der Waals surface area (Å²) in [5, 5.41) is 11.2. The molecule has 2 rings (SSSR count). The van der Waals surface area contributed by atoms with Gasteiger partial charge in [-0.1, -0.05) is 30.3 Å². The molecule has 1 aliphatic rings. The average Bonchev–Trinajstić information content (AvgIpc) is 2.62. The van der Waals surface area contributed by atoms with Crippen LogP contribution in [0.2, 0.25) is 0 Å². The van der Waals surface area contributed by atoms with Gasteiger partial charge in [-0.05, 0) is 12.5 Å². The highest BCUT2D eigenvalue weighted by molar-refractivity contribution is 6.04. The number of imide groups is 1. The third kappa shape index (κ3) is 5.94. The topological polar surface area (TPSA) is 85.7 Å². The van der Waals surface area contributed by atoms with Crippen LogP contribution < -0.4 is 5.32 Å². The molecule has 1 fully saturated rings. The quantitative estimate of drug-likeness (QED) is 0.644. The molecule has 1 saturated heterocycles. The first kappa shape index (κ1) is 18.5. The predicted octanol–water partition coefficient (Wildman–Crippen LogP) is 1.48. The molecule has 0 atom stereocenters. The molecular weight excluding hydrogens is 320 g/mol. The minimum Gasteiger partial charge on any atom is -0.450 e. The molecule has 1 N–H and O–H groups in total. The summed E-state index contributed by atoms with van der Waals surface area (Å²) in [5.74, 6) is -0.743. The fourth-order valence-corrected chi connectivity index (χ4v) is 2.54. The van der Waals surface area contributed by atoms with Crippen molar-refractivity contribution in [3.05, 3.63) is 47.7 Å². The largest absolute Gasteiger partial charge is 0.450 e. The Labute approximate surface area is 147 Å². The normalized spacial score (nSPS) is 15.4. The molecule has 1 aliphatic heterocycles. The number of amides is 2. The van der Waals surface area contributed by atoms with E-state index in [1.54, 1.807) is 6.92 Å². The molecule has 132 valence electrons. The summed E-state index contributed by atoms with van der Waals surface area (Å²) in [6.45, 7) is 5.78. The fraction of sp³-hybridized carbons (Fsp3) is 0.389. The van der Waals surface area contributed by atoms with Gasteiger partial charge in [-0.25, -0.2) is 4.79 Å². The van der Waals surface area contributed by atoms with Gasteiger partial charge in [-0.15, -0.1) is 0 Å². The molecule has 7 nitrogen and oxygen atoms in total. The number of carbonyl (C=O) groups is 2. The number of alkyl carbamates (subject to hydrolysis) is 1. The van der Waals surface area contributed by atoms with Gasteiger partial charge in [0.25, 0.3) is 5.91 Å². The van der Waals surface area contributed by atoms with E-state index >= 15 is 0 Å². The molecule has 2 amide bonds. The Morgan fingerprint density at radius 1 is 1.24 bits per heavy atom. The Morgan fingerprint density at radius 2 is 1.92 bits per heavy atom. The zero-order valence-corrected chi connectivity index (χ0v) is 14.3. The highest BCUT2D eigenvalue weighted by Crippen LogP contribution is 2.09. The van der Waals surface area contributed by atoms with Crippen molar-refractivity contribution in [3.8, 4) is 6.07 Å². The summed E-state index contributed by atoms with van der Waals surface area (Å²) < 4.78 is 4.64. The van der Waals surface area contributed by atoms with Gasteiger partial charge in [0.2, 0.25) is 0 Å².